The summed E-state index contributed by atoms with van der Waals surface area (Å²) in [4.78, 5) is 4.69. The zero-order valence-electron chi connectivity index (χ0n) is 21.2. The van der Waals surface area contributed by atoms with E-state index in [9.17, 15) is 0 Å². The summed E-state index contributed by atoms with van der Waals surface area (Å²) in [6.45, 7) is 3.09. The highest BCUT2D eigenvalue weighted by Gasteiger charge is 2.13. The van der Waals surface area contributed by atoms with Crippen LogP contribution in [0.5, 0.6) is 5.75 Å². The Hall–Kier alpha value is -1.83. The van der Waals surface area contributed by atoms with Gasteiger partial charge in [-0.25, -0.2) is 0 Å². The van der Waals surface area contributed by atoms with Crippen molar-refractivity contribution < 1.29 is 4.74 Å². The molecular formula is C31H47NO. The van der Waals surface area contributed by atoms with Crippen LogP contribution in [-0.4, -0.2) is 11.6 Å². The number of hydrogen-bond acceptors (Lipinski definition) is 2. The summed E-state index contributed by atoms with van der Waals surface area (Å²) in [5, 5.41) is 0. The molecule has 2 aromatic rings. The van der Waals surface area contributed by atoms with E-state index in [1.165, 1.54) is 102 Å². The topological polar surface area (TPSA) is 22.1 Å². The summed E-state index contributed by atoms with van der Waals surface area (Å²) >= 11 is 0. The van der Waals surface area contributed by atoms with Gasteiger partial charge in [0.15, 0.2) is 0 Å². The molecule has 0 aliphatic heterocycles. The Labute approximate surface area is 203 Å². The maximum atomic E-state index is 5.96. The van der Waals surface area contributed by atoms with Crippen LogP contribution >= 0.6 is 0 Å². The Balaban J connectivity index is 1.24. The number of unbranched alkanes of at least 4 members (excludes halogenated alkanes) is 9. The maximum absolute atomic E-state index is 5.96. The molecule has 0 unspecified atom stereocenters. The molecule has 0 atom stereocenters. The summed E-state index contributed by atoms with van der Waals surface area (Å²) < 4.78 is 5.96. The van der Waals surface area contributed by atoms with Crippen molar-refractivity contribution >= 4 is 0 Å². The fraction of sp³-hybridized carbons (Fsp3) is 0.645. The molecule has 0 bridgehead atoms. The van der Waals surface area contributed by atoms with Crippen molar-refractivity contribution in [1.82, 2.24) is 4.98 Å². The highest BCUT2D eigenvalue weighted by atomic mass is 16.5. The molecule has 182 valence electrons. The molecule has 1 saturated carbocycles. The number of hydrogen-bond donors (Lipinski definition) is 0. The number of rotatable bonds is 17. The van der Waals surface area contributed by atoms with Gasteiger partial charge in [-0.3, -0.25) is 4.98 Å². The van der Waals surface area contributed by atoms with Gasteiger partial charge in [0.05, 0.1) is 12.3 Å². The molecular weight excluding hydrogens is 402 g/mol. The SMILES string of the molecule is CCCCCCCc1ccc(-c2ccc(OCCCCCCCCC3CCCC3)cc2)nc1. The van der Waals surface area contributed by atoms with Crippen LogP contribution in [0.15, 0.2) is 42.6 Å². The van der Waals surface area contributed by atoms with E-state index in [1.807, 2.05) is 6.20 Å². The lowest BCUT2D eigenvalue weighted by atomic mass is 9.99. The Kier molecular flexibility index (Phi) is 12.4. The average Bonchev–Trinajstić information content (AvgIpc) is 3.37. The third-order valence-electron chi connectivity index (χ3n) is 7.29. The van der Waals surface area contributed by atoms with Crippen LogP contribution in [0.1, 0.15) is 115 Å². The van der Waals surface area contributed by atoms with Gasteiger partial charge in [0.1, 0.15) is 5.75 Å². The highest BCUT2D eigenvalue weighted by Crippen LogP contribution is 2.29. The second-order valence-electron chi connectivity index (χ2n) is 10.1. The van der Waals surface area contributed by atoms with E-state index in [0.29, 0.717) is 0 Å². The first kappa shape index (κ1) is 25.8. The second-order valence-corrected chi connectivity index (χ2v) is 10.1. The summed E-state index contributed by atoms with van der Waals surface area (Å²) in [6, 6.07) is 12.8. The number of nitrogens with zero attached hydrogens (tertiary/aromatic N) is 1. The Morgan fingerprint density at radius 3 is 2.18 bits per heavy atom. The van der Waals surface area contributed by atoms with Crippen LogP contribution in [0.25, 0.3) is 11.3 Å². The van der Waals surface area contributed by atoms with E-state index in [4.69, 9.17) is 9.72 Å². The Bertz CT molecular complexity index is 731. The number of aryl methyl sites for hydroxylation is 1. The molecule has 0 N–H and O–H groups in total. The van der Waals surface area contributed by atoms with Gasteiger partial charge >= 0.3 is 0 Å². The van der Waals surface area contributed by atoms with E-state index in [2.05, 4.69) is 43.3 Å². The lowest BCUT2D eigenvalue weighted by Crippen LogP contribution is -1.97. The number of pyridine rings is 1. The minimum absolute atomic E-state index is 0.826. The first-order chi connectivity index (χ1) is 16.3. The Morgan fingerprint density at radius 1 is 0.758 bits per heavy atom. The van der Waals surface area contributed by atoms with Crippen molar-refractivity contribution in [1.29, 1.82) is 0 Å². The van der Waals surface area contributed by atoms with E-state index in [0.717, 1.165) is 42.4 Å². The van der Waals surface area contributed by atoms with E-state index in [-0.39, 0.29) is 0 Å². The largest absolute Gasteiger partial charge is 0.494 e. The van der Waals surface area contributed by atoms with Gasteiger partial charge in [-0.2, -0.15) is 0 Å². The molecule has 3 rings (SSSR count). The van der Waals surface area contributed by atoms with Crippen molar-refractivity contribution in [3.63, 3.8) is 0 Å². The molecule has 33 heavy (non-hydrogen) atoms. The zero-order chi connectivity index (χ0) is 23.0. The molecule has 1 aromatic carbocycles. The van der Waals surface area contributed by atoms with Crippen LogP contribution in [0.2, 0.25) is 0 Å². The van der Waals surface area contributed by atoms with E-state index >= 15 is 0 Å². The van der Waals surface area contributed by atoms with Gasteiger partial charge in [0.2, 0.25) is 0 Å². The van der Waals surface area contributed by atoms with Crippen molar-refractivity contribution in [3.05, 3.63) is 48.2 Å². The third kappa shape index (κ3) is 10.3. The normalized spacial score (nSPS) is 14.1. The monoisotopic (exact) mass is 449 g/mol. The lowest BCUT2D eigenvalue weighted by molar-refractivity contribution is 0.304. The Morgan fingerprint density at radius 2 is 1.45 bits per heavy atom. The van der Waals surface area contributed by atoms with Crippen molar-refractivity contribution in [3.8, 4) is 17.0 Å². The highest BCUT2D eigenvalue weighted by molar-refractivity contribution is 5.60. The van der Waals surface area contributed by atoms with E-state index < -0.39 is 0 Å². The quantitative estimate of drug-likeness (QED) is 0.224. The van der Waals surface area contributed by atoms with Crippen molar-refractivity contribution in [2.75, 3.05) is 6.61 Å². The van der Waals surface area contributed by atoms with Gasteiger partial charge in [-0.15, -0.1) is 0 Å². The first-order valence-electron chi connectivity index (χ1n) is 14.0. The molecule has 0 spiro atoms. The standard InChI is InChI=1S/C31H47NO/c1-2-3-4-7-11-18-28-19-24-31(32-26-28)29-20-22-30(23-21-29)33-25-14-9-6-5-8-10-15-27-16-12-13-17-27/h19-24,26-27H,2-18,25H2,1H3. The van der Waals surface area contributed by atoms with Gasteiger partial charge in [0.25, 0.3) is 0 Å². The predicted octanol–water partition coefficient (Wildman–Crippen LogP) is 9.56. The smallest absolute Gasteiger partial charge is 0.119 e. The van der Waals surface area contributed by atoms with Crippen LogP contribution < -0.4 is 4.74 Å². The molecule has 0 amide bonds. The van der Waals surface area contributed by atoms with Gasteiger partial charge in [-0.1, -0.05) is 103 Å². The van der Waals surface area contributed by atoms with Crippen LogP contribution in [0, 0.1) is 5.92 Å². The van der Waals surface area contributed by atoms with Gasteiger partial charge in [0, 0.05) is 11.8 Å². The van der Waals surface area contributed by atoms with Crippen LogP contribution in [-0.2, 0) is 6.42 Å². The summed E-state index contributed by atoms with van der Waals surface area (Å²) in [5.74, 6) is 2.03. The first-order valence-corrected chi connectivity index (χ1v) is 14.0. The molecule has 0 radical (unpaired) electrons. The molecule has 1 aliphatic carbocycles. The summed E-state index contributed by atoms with van der Waals surface area (Å²) in [7, 11) is 0. The zero-order valence-corrected chi connectivity index (χ0v) is 21.2. The third-order valence-corrected chi connectivity index (χ3v) is 7.29. The number of ether oxygens (including phenoxy) is 1. The van der Waals surface area contributed by atoms with Gasteiger partial charge < -0.3 is 4.74 Å². The van der Waals surface area contributed by atoms with Crippen LogP contribution in [0.3, 0.4) is 0 Å². The summed E-state index contributed by atoms with van der Waals surface area (Å²) in [5.41, 5.74) is 3.56. The minimum atomic E-state index is 0.826. The van der Waals surface area contributed by atoms with Gasteiger partial charge in [-0.05, 0) is 61.1 Å². The molecule has 1 fully saturated rings. The molecule has 1 heterocycles. The molecule has 0 saturated heterocycles. The molecule has 2 heteroatoms. The predicted molar refractivity (Wildman–Crippen MR) is 142 cm³/mol. The fourth-order valence-corrected chi connectivity index (χ4v) is 5.13. The number of aromatic nitrogens is 1. The number of benzene rings is 1. The van der Waals surface area contributed by atoms with Crippen molar-refractivity contribution in [2.24, 2.45) is 5.92 Å². The molecule has 2 nitrogen and oxygen atoms in total. The fourth-order valence-electron chi connectivity index (χ4n) is 5.13. The van der Waals surface area contributed by atoms with E-state index in [1.54, 1.807) is 0 Å². The van der Waals surface area contributed by atoms with Crippen LogP contribution in [0.4, 0.5) is 0 Å². The second kappa shape index (κ2) is 15.9. The maximum Gasteiger partial charge on any atom is 0.119 e. The lowest BCUT2D eigenvalue weighted by Gasteiger charge is -2.09. The van der Waals surface area contributed by atoms with Crippen molar-refractivity contribution in [2.45, 2.75) is 116 Å². The molecule has 1 aliphatic rings. The average molecular weight is 450 g/mol. The molecule has 1 aromatic heterocycles. The summed E-state index contributed by atoms with van der Waals surface area (Å²) in [6.07, 6.45) is 25.3. The minimum Gasteiger partial charge on any atom is -0.494 e.